The molecule has 0 aliphatic rings. The molecule has 1 atom stereocenters. The van der Waals surface area contributed by atoms with Crippen molar-refractivity contribution in [2.45, 2.75) is 102 Å². The molecule has 0 saturated heterocycles. The fourth-order valence-electron chi connectivity index (χ4n) is 3.35. The van der Waals surface area contributed by atoms with Crippen molar-refractivity contribution in [3.8, 4) is 0 Å². The van der Waals surface area contributed by atoms with Gasteiger partial charge in [0.05, 0.1) is 17.6 Å². The van der Waals surface area contributed by atoms with E-state index < -0.39 is 10.1 Å². The first-order valence-corrected chi connectivity index (χ1v) is 12.8. The summed E-state index contributed by atoms with van der Waals surface area (Å²) in [6.45, 7) is 4.33. The van der Waals surface area contributed by atoms with Crippen molar-refractivity contribution in [1.29, 1.82) is 0 Å². The molecule has 1 aromatic carbocycles. The topological polar surface area (TPSA) is 110 Å². The monoisotopic (exact) mass is 478 g/mol. The molecule has 0 bridgehead atoms. The van der Waals surface area contributed by atoms with Crippen molar-refractivity contribution >= 4 is 10.1 Å². The lowest BCUT2D eigenvalue weighted by atomic mass is 10.0. The van der Waals surface area contributed by atoms with Gasteiger partial charge in [0.15, 0.2) is 0 Å². The summed E-state index contributed by atoms with van der Waals surface area (Å²) in [6, 6.07) is 6.78. The quantitative estimate of drug-likeness (QED) is 0.0986. The van der Waals surface area contributed by atoms with Crippen molar-refractivity contribution in [3.05, 3.63) is 29.8 Å². The fraction of sp³-hybridized carbons (Fsp3) is 0.727. The van der Waals surface area contributed by atoms with Crippen LogP contribution >= 0.6 is 0 Å². The molecule has 9 nitrogen and oxygen atoms in total. The van der Waals surface area contributed by atoms with Gasteiger partial charge in [-0.1, -0.05) is 82.4 Å². The molecule has 1 rings (SSSR count). The summed E-state index contributed by atoms with van der Waals surface area (Å²) in [5.41, 5.74) is 1.02. The number of unbranched alkanes of at least 4 members (excludes halogenated alkanes) is 8. The van der Waals surface area contributed by atoms with Crippen molar-refractivity contribution in [2.24, 2.45) is 0 Å². The normalized spacial score (nSPS) is 12.8. The Hall–Kier alpha value is -1.11. The van der Waals surface area contributed by atoms with Gasteiger partial charge in [0.1, 0.15) is 0 Å². The lowest BCUT2D eigenvalue weighted by molar-refractivity contribution is -0.753. The Labute approximate surface area is 191 Å². The first kappa shape index (κ1) is 28.9. The smallest absolute Gasteiger partial charge is 0.263 e. The van der Waals surface area contributed by atoms with E-state index in [1.165, 1.54) is 12.8 Å². The molecule has 0 aromatic heterocycles. The summed E-state index contributed by atoms with van der Waals surface area (Å²) < 4.78 is 30.6. The highest BCUT2D eigenvalue weighted by Crippen LogP contribution is 2.21. The lowest BCUT2D eigenvalue weighted by Gasteiger charge is -2.17. The number of hydrogen-bond donors (Lipinski definition) is 1. The molecule has 0 spiro atoms. The van der Waals surface area contributed by atoms with Gasteiger partial charge in [-0.15, -0.1) is 0 Å². The van der Waals surface area contributed by atoms with E-state index in [0.717, 1.165) is 69.8 Å². The van der Waals surface area contributed by atoms with E-state index in [0.29, 0.717) is 6.61 Å². The molecule has 32 heavy (non-hydrogen) atoms. The van der Waals surface area contributed by atoms with E-state index in [1.54, 1.807) is 24.3 Å². The van der Waals surface area contributed by atoms with Crippen LogP contribution in [0.2, 0.25) is 0 Å². The Morgan fingerprint density at radius 3 is 2.00 bits per heavy atom. The minimum absolute atomic E-state index is 0.224. The summed E-state index contributed by atoms with van der Waals surface area (Å²) in [7, 11) is -3.71. The summed E-state index contributed by atoms with van der Waals surface area (Å²) in [5, 5.41) is 22.4. The molecule has 1 aromatic rings. The van der Waals surface area contributed by atoms with Crippen LogP contribution in [0.3, 0.4) is 0 Å². The van der Waals surface area contributed by atoms with E-state index >= 15 is 0 Å². The van der Waals surface area contributed by atoms with Crippen LogP contribution in [0.15, 0.2) is 29.2 Å². The number of rotatable bonds is 21. The fourth-order valence-corrected chi connectivity index (χ4v) is 4.48. The first-order valence-electron chi connectivity index (χ1n) is 11.4. The largest absolute Gasteiger partial charge is 0.297 e. The van der Waals surface area contributed by atoms with Gasteiger partial charge in [0.2, 0.25) is 0 Å². The molecule has 0 aliphatic carbocycles. The van der Waals surface area contributed by atoms with Gasteiger partial charge in [-0.05, 0) is 58.5 Å². The SMILES string of the molecule is CCCC(CCCCCCCCCCCOOOOOO)OS(=O)(=O)c1ccc(C)cc1. The molecule has 0 fully saturated rings. The van der Waals surface area contributed by atoms with Gasteiger partial charge >= 0.3 is 0 Å². The van der Waals surface area contributed by atoms with E-state index in [4.69, 9.17) is 9.44 Å². The highest BCUT2D eigenvalue weighted by molar-refractivity contribution is 7.86. The van der Waals surface area contributed by atoms with Crippen molar-refractivity contribution in [1.82, 2.24) is 0 Å². The molecular formula is C22H38O9S. The minimum atomic E-state index is -3.71. The zero-order chi connectivity index (χ0) is 23.5. The second kappa shape index (κ2) is 18.3. The summed E-state index contributed by atoms with van der Waals surface area (Å²) >= 11 is 0. The van der Waals surface area contributed by atoms with E-state index in [-0.39, 0.29) is 11.0 Å². The van der Waals surface area contributed by atoms with Gasteiger partial charge in [0, 0.05) is 0 Å². The van der Waals surface area contributed by atoms with Crippen molar-refractivity contribution in [2.75, 3.05) is 6.61 Å². The second-order valence-electron chi connectivity index (χ2n) is 7.85. The molecule has 0 heterocycles. The van der Waals surface area contributed by atoms with Crippen LogP contribution in [0.5, 0.6) is 0 Å². The zero-order valence-electron chi connectivity index (χ0n) is 19.2. The maximum atomic E-state index is 12.5. The van der Waals surface area contributed by atoms with Gasteiger partial charge in [-0.2, -0.15) is 8.42 Å². The molecule has 0 saturated carbocycles. The van der Waals surface area contributed by atoms with Crippen LogP contribution in [-0.4, -0.2) is 26.4 Å². The predicted octanol–water partition coefficient (Wildman–Crippen LogP) is 5.99. The Bertz CT molecular complexity index is 664. The third-order valence-corrected chi connectivity index (χ3v) is 6.45. The average Bonchev–Trinajstić information content (AvgIpc) is 2.76. The molecule has 0 radical (unpaired) electrons. The molecule has 0 amide bonds. The minimum Gasteiger partial charge on any atom is -0.263 e. The molecule has 1 unspecified atom stereocenters. The van der Waals surface area contributed by atoms with Crippen LogP contribution < -0.4 is 0 Å². The Kier molecular flexibility index (Phi) is 16.6. The van der Waals surface area contributed by atoms with Crippen molar-refractivity contribution in [3.63, 3.8) is 0 Å². The lowest BCUT2D eigenvalue weighted by Crippen LogP contribution is -2.18. The number of hydrogen-bond acceptors (Lipinski definition) is 9. The third kappa shape index (κ3) is 14.1. The maximum absolute atomic E-state index is 12.5. The summed E-state index contributed by atoms with van der Waals surface area (Å²) in [5.74, 6) is 0. The molecule has 0 aliphatic heterocycles. The standard InChI is InChI=1S/C22H38O9S/c1-3-13-21(27-32(24,25)22-17-15-20(2)16-18-22)14-11-9-7-5-4-6-8-10-12-19-26-29-31-30-28-23/h15-18,21,23H,3-14,19H2,1-2H3. The average molecular weight is 479 g/mol. The van der Waals surface area contributed by atoms with Crippen LogP contribution in [0, 0.1) is 6.92 Å². The number of aryl methyl sites for hydroxylation is 1. The van der Waals surface area contributed by atoms with Gasteiger partial charge in [-0.25, -0.2) is 10.1 Å². The van der Waals surface area contributed by atoms with E-state index in [2.05, 4.69) is 25.0 Å². The molecule has 1 N–H and O–H groups in total. The Morgan fingerprint density at radius 2 is 1.41 bits per heavy atom. The summed E-state index contributed by atoms with van der Waals surface area (Å²) in [4.78, 5) is 4.84. The van der Waals surface area contributed by atoms with E-state index in [1.807, 2.05) is 13.8 Å². The van der Waals surface area contributed by atoms with Crippen LogP contribution in [0.4, 0.5) is 0 Å². The van der Waals surface area contributed by atoms with Crippen molar-refractivity contribution < 1.29 is 42.9 Å². The highest BCUT2D eigenvalue weighted by Gasteiger charge is 2.21. The van der Waals surface area contributed by atoms with Gasteiger partial charge < -0.3 is 0 Å². The van der Waals surface area contributed by atoms with Gasteiger partial charge in [-0.3, -0.25) is 4.18 Å². The maximum Gasteiger partial charge on any atom is 0.297 e. The molecular weight excluding hydrogens is 440 g/mol. The van der Waals surface area contributed by atoms with Crippen LogP contribution in [-0.2, 0) is 39.3 Å². The van der Waals surface area contributed by atoms with Crippen LogP contribution in [0.25, 0.3) is 0 Å². The zero-order valence-corrected chi connectivity index (χ0v) is 20.0. The van der Waals surface area contributed by atoms with Gasteiger partial charge in [0.25, 0.3) is 10.1 Å². The first-order chi connectivity index (χ1) is 15.5. The predicted molar refractivity (Wildman–Crippen MR) is 117 cm³/mol. The van der Waals surface area contributed by atoms with Crippen LogP contribution in [0.1, 0.15) is 89.5 Å². The third-order valence-electron chi connectivity index (χ3n) is 5.07. The molecule has 10 heteroatoms. The summed E-state index contributed by atoms with van der Waals surface area (Å²) in [6.07, 6.45) is 11.8. The highest BCUT2D eigenvalue weighted by atomic mass is 32.2. The van der Waals surface area contributed by atoms with E-state index in [9.17, 15) is 8.42 Å². The number of benzene rings is 1. The Morgan fingerprint density at radius 1 is 0.812 bits per heavy atom. The Balaban J connectivity index is 2.08. The molecule has 186 valence electrons. The second-order valence-corrected chi connectivity index (χ2v) is 9.42.